The molecule has 0 bridgehead atoms. The minimum atomic E-state index is 0.763. The van der Waals surface area contributed by atoms with Gasteiger partial charge in [-0.2, -0.15) is 0 Å². The van der Waals surface area contributed by atoms with Gasteiger partial charge in [0, 0.05) is 5.57 Å². The van der Waals surface area contributed by atoms with Crippen molar-refractivity contribution in [1.29, 1.82) is 0 Å². The number of aldehydes is 1. The van der Waals surface area contributed by atoms with Crippen LogP contribution in [0.3, 0.4) is 0 Å². The first-order chi connectivity index (χ1) is 8.74. The molecule has 0 atom stereocenters. The second-order valence-electron chi connectivity index (χ2n) is 4.34. The van der Waals surface area contributed by atoms with Gasteiger partial charge in [-0.1, -0.05) is 54.6 Å². The number of aryl methyl sites for hydroxylation is 1. The fourth-order valence-electron chi connectivity index (χ4n) is 2.07. The monoisotopic (exact) mass is 236 g/mol. The van der Waals surface area contributed by atoms with E-state index in [-0.39, 0.29) is 0 Å². The molecular weight excluding hydrogens is 220 g/mol. The number of hydrogen-bond donors (Lipinski definition) is 0. The van der Waals surface area contributed by atoms with Gasteiger partial charge in [-0.15, -0.1) is 0 Å². The van der Waals surface area contributed by atoms with Crippen LogP contribution in [0.2, 0.25) is 0 Å². The highest BCUT2D eigenvalue weighted by atomic mass is 16.1. The highest BCUT2D eigenvalue weighted by Gasteiger charge is 2.08. The van der Waals surface area contributed by atoms with Gasteiger partial charge in [-0.3, -0.25) is 4.79 Å². The van der Waals surface area contributed by atoms with Crippen LogP contribution >= 0.6 is 0 Å². The molecule has 2 rings (SSSR count). The summed E-state index contributed by atoms with van der Waals surface area (Å²) in [7, 11) is 0. The smallest absolute Gasteiger partial charge is 0.150 e. The molecule has 90 valence electrons. The van der Waals surface area contributed by atoms with Crippen molar-refractivity contribution in [2.75, 3.05) is 0 Å². The van der Waals surface area contributed by atoms with Crippen molar-refractivity contribution >= 4 is 17.4 Å². The molecule has 0 aliphatic heterocycles. The molecule has 0 aliphatic carbocycles. The van der Waals surface area contributed by atoms with Gasteiger partial charge < -0.3 is 0 Å². The van der Waals surface area contributed by atoms with Crippen molar-refractivity contribution in [2.24, 2.45) is 0 Å². The van der Waals surface area contributed by atoms with Gasteiger partial charge in [0.1, 0.15) is 0 Å². The van der Waals surface area contributed by atoms with Gasteiger partial charge in [-0.05, 0) is 36.1 Å². The molecule has 0 amide bonds. The van der Waals surface area contributed by atoms with Gasteiger partial charge in [-0.25, -0.2) is 0 Å². The van der Waals surface area contributed by atoms with E-state index in [1.54, 1.807) is 0 Å². The summed E-state index contributed by atoms with van der Waals surface area (Å²) in [5, 5.41) is 0. The Labute approximate surface area is 108 Å². The fraction of sp³-hybridized carbons (Fsp3) is 0.118. The Bertz CT molecular complexity index is 580. The van der Waals surface area contributed by atoms with Gasteiger partial charge >= 0.3 is 0 Å². The topological polar surface area (TPSA) is 17.1 Å². The van der Waals surface area contributed by atoms with Crippen LogP contribution in [-0.2, 0) is 4.79 Å². The molecule has 0 saturated carbocycles. The van der Waals surface area contributed by atoms with E-state index in [0.717, 1.165) is 34.1 Å². The Morgan fingerprint density at radius 2 is 1.56 bits per heavy atom. The largest absolute Gasteiger partial charge is 0.298 e. The maximum absolute atomic E-state index is 11.4. The Balaban J connectivity index is 2.58. The average molecular weight is 236 g/mol. The zero-order valence-electron chi connectivity index (χ0n) is 10.7. The SMILES string of the molecule is C/C(=C(/C=O)c1ccccc1C)c1ccccc1. The van der Waals surface area contributed by atoms with Gasteiger partial charge in [0.15, 0.2) is 6.29 Å². The molecular formula is C17H16O. The number of allylic oxidation sites excluding steroid dienone is 2. The van der Waals surface area contributed by atoms with Gasteiger partial charge in [0.25, 0.3) is 0 Å². The van der Waals surface area contributed by atoms with Crippen LogP contribution in [0.5, 0.6) is 0 Å². The van der Waals surface area contributed by atoms with E-state index in [0.29, 0.717) is 0 Å². The average Bonchev–Trinajstić information content (AvgIpc) is 2.42. The molecule has 0 unspecified atom stereocenters. The quantitative estimate of drug-likeness (QED) is 0.445. The lowest BCUT2D eigenvalue weighted by atomic mass is 9.94. The Morgan fingerprint density at radius 1 is 0.944 bits per heavy atom. The summed E-state index contributed by atoms with van der Waals surface area (Å²) in [5.74, 6) is 0. The van der Waals surface area contributed by atoms with E-state index in [1.165, 1.54) is 0 Å². The highest BCUT2D eigenvalue weighted by molar-refractivity contribution is 6.17. The maximum atomic E-state index is 11.4. The molecule has 0 radical (unpaired) electrons. The molecule has 0 saturated heterocycles. The molecule has 0 heterocycles. The van der Waals surface area contributed by atoms with E-state index < -0.39 is 0 Å². The van der Waals surface area contributed by atoms with Crippen LogP contribution in [0.25, 0.3) is 11.1 Å². The summed E-state index contributed by atoms with van der Waals surface area (Å²) in [6, 6.07) is 18.0. The summed E-state index contributed by atoms with van der Waals surface area (Å²) in [5.41, 5.74) is 4.99. The zero-order valence-corrected chi connectivity index (χ0v) is 10.7. The Morgan fingerprint density at radius 3 is 2.17 bits per heavy atom. The molecule has 2 aromatic carbocycles. The number of benzene rings is 2. The summed E-state index contributed by atoms with van der Waals surface area (Å²) < 4.78 is 0. The molecule has 0 aliphatic rings. The predicted octanol–water partition coefficient (Wildman–Crippen LogP) is 4.12. The van der Waals surface area contributed by atoms with E-state index >= 15 is 0 Å². The lowest BCUT2D eigenvalue weighted by molar-refractivity contribution is -0.103. The first-order valence-corrected chi connectivity index (χ1v) is 6.01. The van der Waals surface area contributed by atoms with Crippen molar-refractivity contribution < 1.29 is 4.79 Å². The summed E-state index contributed by atoms with van der Waals surface area (Å²) >= 11 is 0. The molecule has 0 aromatic heterocycles. The van der Waals surface area contributed by atoms with E-state index in [4.69, 9.17) is 0 Å². The first kappa shape index (κ1) is 12.3. The number of carbonyl (C=O) groups is 1. The predicted molar refractivity (Wildman–Crippen MR) is 76.2 cm³/mol. The van der Waals surface area contributed by atoms with Crippen LogP contribution < -0.4 is 0 Å². The third-order valence-electron chi connectivity index (χ3n) is 3.16. The van der Waals surface area contributed by atoms with Crippen molar-refractivity contribution in [3.05, 3.63) is 71.3 Å². The van der Waals surface area contributed by atoms with Gasteiger partial charge in [0.05, 0.1) is 0 Å². The number of rotatable bonds is 3. The molecule has 0 N–H and O–H groups in total. The highest BCUT2D eigenvalue weighted by Crippen LogP contribution is 2.26. The maximum Gasteiger partial charge on any atom is 0.150 e. The summed E-state index contributed by atoms with van der Waals surface area (Å²) in [6.45, 7) is 4.02. The Kier molecular flexibility index (Phi) is 3.73. The van der Waals surface area contributed by atoms with Crippen molar-refractivity contribution in [1.82, 2.24) is 0 Å². The number of hydrogen-bond acceptors (Lipinski definition) is 1. The van der Waals surface area contributed by atoms with E-state index in [1.807, 2.05) is 68.4 Å². The number of carbonyl (C=O) groups excluding carboxylic acids is 1. The van der Waals surface area contributed by atoms with Crippen LogP contribution in [-0.4, -0.2) is 6.29 Å². The van der Waals surface area contributed by atoms with E-state index in [9.17, 15) is 4.79 Å². The molecule has 1 nitrogen and oxygen atoms in total. The van der Waals surface area contributed by atoms with Crippen molar-refractivity contribution in [2.45, 2.75) is 13.8 Å². The second kappa shape index (κ2) is 5.46. The third kappa shape index (κ3) is 2.40. The first-order valence-electron chi connectivity index (χ1n) is 6.01. The van der Waals surface area contributed by atoms with Crippen molar-refractivity contribution in [3.63, 3.8) is 0 Å². The van der Waals surface area contributed by atoms with Crippen LogP contribution in [0.4, 0.5) is 0 Å². The molecule has 1 heteroatoms. The zero-order chi connectivity index (χ0) is 13.0. The molecule has 18 heavy (non-hydrogen) atoms. The lowest BCUT2D eigenvalue weighted by Gasteiger charge is -2.10. The van der Waals surface area contributed by atoms with Crippen LogP contribution in [0.15, 0.2) is 54.6 Å². The molecule has 0 spiro atoms. The standard InChI is InChI=1S/C17H16O/c1-13-8-6-7-11-16(13)17(12-18)14(2)15-9-4-3-5-10-15/h3-12H,1-2H3/b17-14+. The fourth-order valence-corrected chi connectivity index (χ4v) is 2.07. The van der Waals surface area contributed by atoms with Crippen LogP contribution in [0, 0.1) is 6.92 Å². The summed E-state index contributed by atoms with van der Waals surface area (Å²) in [4.78, 5) is 11.4. The normalized spacial score (nSPS) is 11.9. The van der Waals surface area contributed by atoms with Gasteiger partial charge in [0.2, 0.25) is 0 Å². The second-order valence-corrected chi connectivity index (χ2v) is 4.34. The minimum Gasteiger partial charge on any atom is -0.298 e. The molecule has 0 fully saturated rings. The Hall–Kier alpha value is -2.15. The lowest BCUT2D eigenvalue weighted by Crippen LogP contribution is -1.93. The summed E-state index contributed by atoms with van der Waals surface area (Å²) in [6.07, 6.45) is 0.949. The minimum absolute atomic E-state index is 0.763. The van der Waals surface area contributed by atoms with Crippen molar-refractivity contribution in [3.8, 4) is 0 Å². The third-order valence-corrected chi connectivity index (χ3v) is 3.16. The molecule has 2 aromatic rings. The van der Waals surface area contributed by atoms with E-state index in [2.05, 4.69) is 0 Å². The van der Waals surface area contributed by atoms with Crippen LogP contribution in [0.1, 0.15) is 23.6 Å².